The molecule has 0 saturated carbocycles. The summed E-state index contributed by atoms with van der Waals surface area (Å²) in [4.78, 5) is 29.5. The Morgan fingerprint density at radius 1 is 1.12 bits per heavy atom. The lowest BCUT2D eigenvalue weighted by Crippen LogP contribution is -2.34. The van der Waals surface area contributed by atoms with Crippen LogP contribution in [0.1, 0.15) is 43.1 Å². The Bertz CT molecular complexity index is 1280. The highest BCUT2D eigenvalue weighted by Crippen LogP contribution is 2.32. The lowest BCUT2D eigenvalue weighted by atomic mass is 10.1. The number of hydrogen-bond acceptors (Lipinski definition) is 5. The Labute approximate surface area is 192 Å². The molecule has 3 aromatic heterocycles. The number of amides is 1. The highest BCUT2D eigenvalue weighted by Gasteiger charge is 2.31. The van der Waals surface area contributed by atoms with E-state index in [2.05, 4.69) is 16.9 Å². The number of carbonyl (C=O) groups is 1. The number of nitrogens with zero attached hydrogens (tertiary/aromatic N) is 6. The Morgan fingerprint density at radius 3 is 2.85 bits per heavy atom. The van der Waals surface area contributed by atoms with Gasteiger partial charge in [0.1, 0.15) is 30.6 Å². The zero-order chi connectivity index (χ0) is 22.8. The Kier molecular flexibility index (Phi) is 5.92. The first-order chi connectivity index (χ1) is 16.2. The number of carbonyl (C=O) groups excluding carboxylic acids is 1. The van der Waals surface area contributed by atoms with E-state index >= 15 is 0 Å². The van der Waals surface area contributed by atoms with Gasteiger partial charge in [-0.05, 0) is 37.1 Å². The van der Waals surface area contributed by atoms with Gasteiger partial charge in [0.2, 0.25) is 5.91 Å². The third-order valence-corrected chi connectivity index (χ3v) is 6.25. The number of likely N-dealkylation sites (tertiary alicyclic amines) is 1. The molecule has 0 spiro atoms. The molecule has 1 fully saturated rings. The molecule has 33 heavy (non-hydrogen) atoms. The van der Waals surface area contributed by atoms with E-state index in [0.29, 0.717) is 6.61 Å². The van der Waals surface area contributed by atoms with Crippen LogP contribution >= 0.6 is 0 Å². The van der Waals surface area contributed by atoms with E-state index in [0.717, 1.165) is 60.0 Å². The minimum absolute atomic E-state index is 0.0355. The molecule has 1 aliphatic heterocycles. The Balaban J connectivity index is 1.42. The number of benzene rings is 1. The van der Waals surface area contributed by atoms with E-state index in [1.807, 2.05) is 62.7 Å². The molecule has 0 aliphatic carbocycles. The van der Waals surface area contributed by atoms with Gasteiger partial charge in [0.25, 0.3) is 0 Å². The van der Waals surface area contributed by atoms with Crippen molar-refractivity contribution in [3.63, 3.8) is 0 Å². The molecule has 0 radical (unpaired) electrons. The van der Waals surface area contributed by atoms with Crippen LogP contribution in [0.25, 0.3) is 16.9 Å². The minimum atomic E-state index is -0.0355. The molecule has 8 heteroatoms. The molecule has 1 aliphatic rings. The van der Waals surface area contributed by atoms with E-state index in [9.17, 15) is 4.79 Å². The summed E-state index contributed by atoms with van der Waals surface area (Å²) in [6.45, 7) is 3.40. The summed E-state index contributed by atoms with van der Waals surface area (Å²) in [6, 6.07) is 13.9. The van der Waals surface area contributed by atoms with Crippen molar-refractivity contribution >= 4 is 16.9 Å². The van der Waals surface area contributed by atoms with Crippen molar-refractivity contribution in [1.29, 1.82) is 0 Å². The molecule has 0 bridgehead atoms. The van der Waals surface area contributed by atoms with Crippen molar-refractivity contribution in [3.8, 4) is 5.82 Å². The summed E-state index contributed by atoms with van der Waals surface area (Å²) in [5.74, 6) is 2.64. The fraction of sp³-hybridized carbons (Fsp3) is 0.360. The summed E-state index contributed by atoms with van der Waals surface area (Å²) in [5, 5.41) is 0. The number of aromatic nitrogens is 5. The van der Waals surface area contributed by atoms with E-state index in [1.165, 1.54) is 0 Å². The second kappa shape index (κ2) is 9.15. The van der Waals surface area contributed by atoms with Gasteiger partial charge in [-0.15, -0.1) is 0 Å². The van der Waals surface area contributed by atoms with Gasteiger partial charge in [-0.3, -0.25) is 9.36 Å². The topological polar surface area (TPSA) is 78.1 Å². The van der Waals surface area contributed by atoms with Crippen LogP contribution in [0.4, 0.5) is 0 Å². The average Bonchev–Trinajstić information content (AvgIpc) is 3.58. The number of hydrogen-bond donors (Lipinski definition) is 0. The maximum atomic E-state index is 13.5. The van der Waals surface area contributed by atoms with Crippen LogP contribution in [0.3, 0.4) is 0 Å². The molecule has 0 unspecified atom stereocenters. The fourth-order valence-electron chi connectivity index (χ4n) is 4.70. The van der Waals surface area contributed by atoms with E-state index in [-0.39, 0.29) is 18.5 Å². The molecule has 1 atom stereocenters. The SMILES string of the molecule is CCc1nccn1-c1cccc([C@H]2CCCN2C(=O)Cn2c(COC)nc3ccccc32)n1. The lowest BCUT2D eigenvalue weighted by molar-refractivity contribution is -0.132. The monoisotopic (exact) mass is 444 g/mol. The minimum Gasteiger partial charge on any atom is -0.377 e. The van der Waals surface area contributed by atoms with E-state index in [1.54, 1.807) is 13.3 Å². The molecule has 8 nitrogen and oxygen atoms in total. The molecule has 1 aromatic carbocycles. The standard InChI is InChI=1S/C25H28N6O2/c1-3-22-26-13-15-30(22)23-12-6-9-19(27-23)20-11-7-14-29(20)25(32)16-31-21-10-5-4-8-18(21)28-24(31)17-33-2/h4-6,8-10,12-13,15,20H,3,7,11,14,16-17H2,1-2H3/t20-/m1/s1. The second-order valence-corrected chi connectivity index (χ2v) is 8.27. The number of methoxy groups -OCH3 is 1. The van der Waals surface area contributed by atoms with E-state index in [4.69, 9.17) is 9.72 Å². The predicted octanol–water partition coefficient (Wildman–Crippen LogP) is 3.69. The molecule has 0 N–H and O–H groups in total. The number of aryl methyl sites for hydroxylation is 1. The van der Waals surface area contributed by atoms with Crippen LogP contribution in [0, 0.1) is 0 Å². The first kappa shape index (κ1) is 21.3. The summed E-state index contributed by atoms with van der Waals surface area (Å²) in [6.07, 6.45) is 6.43. The highest BCUT2D eigenvalue weighted by atomic mass is 16.5. The molecular formula is C25H28N6O2. The number of imidazole rings is 2. The second-order valence-electron chi connectivity index (χ2n) is 8.27. The molecule has 4 heterocycles. The summed E-state index contributed by atoms with van der Waals surface area (Å²) >= 11 is 0. The third kappa shape index (κ3) is 4.02. The summed E-state index contributed by atoms with van der Waals surface area (Å²) < 4.78 is 9.32. The predicted molar refractivity (Wildman–Crippen MR) is 125 cm³/mol. The first-order valence-electron chi connectivity index (χ1n) is 11.4. The smallest absolute Gasteiger partial charge is 0.243 e. The van der Waals surface area contributed by atoms with Crippen molar-refractivity contribution < 1.29 is 9.53 Å². The molecule has 4 aromatic rings. The van der Waals surface area contributed by atoms with Gasteiger partial charge in [-0.1, -0.05) is 25.1 Å². The van der Waals surface area contributed by atoms with Crippen molar-refractivity contribution in [3.05, 3.63) is 72.2 Å². The maximum absolute atomic E-state index is 13.5. The van der Waals surface area contributed by atoms with Crippen LogP contribution < -0.4 is 0 Å². The zero-order valence-electron chi connectivity index (χ0n) is 19.0. The van der Waals surface area contributed by atoms with E-state index < -0.39 is 0 Å². The van der Waals surface area contributed by atoms with Crippen molar-refractivity contribution in [1.82, 2.24) is 29.0 Å². The van der Waals surface area contributed by atoms with Gasteiger partial charge in [0.05, 0.1) is 22.8 Å². The van der Waals surface area contributed by atoms with Crippen LogP contribution in [-0.2, 0) is 29.1 Å². The number of para-hydroxylation sites is 2. The first-order valence-corrected chi connectivity index (χ1v) is 11.4. The van der Waals surface area contributed by atoms with Gasteiger partial charge in [0.15, 0.2) is 0 Å². The molecular weight excluding hydrogens is 416 g/mol. The number of pyridine rings is 1. The van der Waals surface area contributed by atoms with Crippen molar-refractivity contribution in [2.45, 2.75) is 45.4 Å². The zero-order valence-corrected chi connectivity index (χ0v) is 19.0. The van der Waals surface area contributed by atoms with Crippen LogP contribution in [0.15, 0.2) is 54.9 Å². The van der Waals surface area contributed by atoms with Crippen LogP contribution in [-0.4, -0.2) is 48.5 Å². The van der Waals surface area contributed by atoms with Gasteiger partial charge in [-0.2, -0.15) is 0 Å². The highest BCUT2D eigenvalue weighted by molar-refractivity contribution is 5.81. The summed E-state index contributed by atoms with van der Waals surface area (Å²) in [7, 11) is 1.64. The van der Waals surface area contributed by atoms with Crippen molar-refractivity contribution in [2.75, 3.05) is 13.7 Å². The lowest BCUT2D eigenvalue weighted by Gasteiger charge is -2.25. The van der Waals surface area contributed by atoms with Gasteiger partial charge in [-0.25, -0.2) is 15.0 Å². The van der Waals surface area contributed by atoms with Crippen LogP contribution in [0.2, 0.25) is 0 Å². The van der Waals surface area contributed by atoms with Gasteiger partial charge in [0, 0.05) is 32.5 Å². The van der Waals surface area contributed by atoms with Crippen LogP contribution in [0.5, 0.6) is 0 Å². The Morgan fingerprint density at radius 2 is 2.00 bits per heavy atom. The number of rotatable bonds is 7. The Hall–Kier alpha value is -3.52. The summed E-state index contributed by atoms with van der Waals surface area (Å²) in [5.41, 5.74) is 2.74. The number of fused-ring (bicyclic) bond motifs is 1. The maximum Gasteiger partial charge on any atom is 0.243 e. The largest absolute Gasteiger partial charge is 0.377 e. The van der Waals surface area contributed by atoms with Gasteiger partial charge >= 0.3 is 0 Å². The molecule has 1 amide bonds. The molecule has 170 valence electrons. The third-order valence-electron chi connectivity index (χ3n) is 6.25. The average molecular weight is 445 g/mol. The fourth-order valence-corrected chi connectivity index (χ4v) is 4.70. The normalized spacial score (nSPS) is 16.1. The quantitative estimate of drug-likeness (QED) is 0.434. The van der Waals surface area contributed by atoms with Crippen molar-refractivity contribution in [2.24, 2.45) is 0 Å². The molecule has 1 saturated heterocycles. The molecule has 5 rings (SSSR count). The number of ether oxygens (including phenoxy) is 1. The van der Waals surface area contributed by atoms with Gasteiger partial charge < -0.3 is 14.2 Å².